The molecule has 3 nitrogen and oxygen atoms in total. The molecule has 0 atom stereocenters. The van der Waals surface area contributed by atoms with Crippen LogP contribution in [0.3, 0.4) is 0 Å². The van der Waals surface area contributed by atoms with Crippen LogP contribution in [0.4, 0.5) is 5.69 Å². The largest absolute Gasteiger partial charge is 0.371 e. The van der Waals surface area contributed by atoms with Gasteiger partial charge in [-0.1, -0.05) is 12.1 Å². The van der Waals surface area contributed by atoms with E-state index >= 15 is 0 Å². The third-order valence-corrected chi connectivity index (χ3v) is 3.85. The van der Waals surface area contributed by atoms with Gasteiger partial charge in [-0.25, -0.2) is 0 Å². The van der Waals surface area contributed by atoms with Gasteiger partial charge in [0.05, 0.1) is 5.52 Å². The zero-order valence-electron chi connectivity index (χ0n) is 10.8. The zero-order valence-corrected chi connectivity index (χ0v) is 10.8. The minimum atomic E-state index is 0.646. The van der Waals surface area contributed by atoms with E-state index in [0.717, 1.165) is 18.6 Å². The van der Waals surface area contributed by atoms with Gasteiger partial charge in [0, 0.05) is 30.4 Å². The van der Waals surface area contributed by atoms with Gasteiger partial charge < -0.3 is 10.2 Å². The first-order valence-corrected chi connectivity index (χ1v) is 6.63. The Hall–Kier alpha value is -1.61. The molecule has 1 N–H and O–H groups in total. The summed E-state index contributed by atoms with van der Waals surface area (Å²) in [6, 6.07) is 11.3. The summed E-state index contributed by atoms with van der Waals surface area (Å²) in [5, 5.41) is 4.62. The first kappa shape index (κ1) is 11.5. The Morgan fingerprint density at radius 3 is 2.89 bits per heavy atom. The van der Waals surface area contributed by atoms with Gasteiger partial charge in [0.15, 0.2) is 0 Å². The molecule has 94 valence electrons. The summed E-state index contributed by atoms with van der Waals surface area (Å²) in [5.74, 6) is 0. The third kappa shape index (κ3) is 2.18. The van der Waals surface area contributed by atoms with Crippen LogP contribution in [0, 0.1) is 0 Å². The number of nitrogens with one attached hydrogen (secondary N) is 1. The molecular weight excluding hydrogens is 222 g/mol. The van der Waals surface area contributed by atoms with E-state index in [1.165, 1.54) is 23.9 Å². The molecule has 2 heterocycles. The summed E-state index contributed by atoms with van der Waals surface area (Å²) in [6.45, 7) is 2.25. The van der Waals surface area contributed by atoms with Gasteiger partial charge in [-0.3, -0.25) is 4.98 Å². The molecule has 3 rings (SSSR count). The van der Waals surface area contributed by atoms with E-state index < -0.39 is 0 Å². The van der Waals surface area contributed by atoms with Crippen molar-refractivity contribution in [1.29, 1.82) is 0 Å². The van der Waals surface area contributed by atoms with E-state index in [9.17, 15) is 0 Å². The number of hydrogen-bond donors (Lipinski definition) is 1. The molecule has 0 radical (unpaired) electrons. The summed E-state index contributed by atoms with van der Waals surface area (Å²) < 4.78 is 0. The summed E-state index contributed by atoms with van der Waals surface area (Å²) in [7, 11) is 2.19. The summed E-state index contributed by atoms with van der Waals surface area (Å²) in [5.41, 5.74) is 2.35. The van der Waals surface area contributed by atoms with Gasteiger partial charge in [-0.05, 0) is 44.1 Å². The Kier molecular flexibility index (Phi) is 3.15. The number of rotatable bonds is 2. The SMILES string of the molecule is CN(c1ccc2cccnc2c1)C1CCNCC1. The van der Waals surface area contributed by atoms with E-state index in [1.54, 1.807) is 0 Å². The van der Waals surface area contributed by atoms with E-state index in [4.69, 9.17) is 0 Å². The molecule has 3 heteroatoms. The lowest BCUT2D eigenvalue weighted by molar-refractivity contribution is 0.443. The van der Waals surface area contributed by atoms with Gasteiger partial charge in [0.2, 0.25) is 0 Å². The van der Waals surface area contributed by atoms with E-state index in [-0.39, 0.29) is 0 Å². The Morgan fingerprint density at radius 2 is 2.06 bits per heavy atom. The predicted molar refractivity (Wildman–Crippen MR) is 76.0 cm³/mol. The number of fused-ring (bicyclic) bond motifs is 1. The monoisotopic (exact) mass is 241 g/mol. The molecule has 1 aliphatic heterocycles. The summed E-state index contributed by atoms with van der Waals surface area (Å²) >= 11 is 0. The van der Waals surface area contributed by atoms with Crippen molar-refractivity contribution in [2.45, 2.75) is 18.9 Å². The number of pyridine rings is 1. The van der Waals surface area contributed by atoms with Crippen molar-refractivity contribution in [1.82, 2.24) is 10.3 Å². The number of nitrogens with zero attached hydrogens (tertiary/aromatic N) is 2. The average molecular weight is 241 g/mol. The Morgan fingerprint density at radius 1 is 1.22 bits per heavy atom. The number of anilines is 1. The number of aromatic nitrogens is 1. The van der Waals surface area contributed by atoms with Crippen LogP contribution in [0.15, 0.2) is 36.5 Å². The fourth-order valence-electron chi connectivity index (χ4n) is 2.68. The molecule has 0 bridgehead atoms. The fourth-order valence-corrected chi connectivity index (χ4v) is 2.68. The predicted octanol–water partition coefficient (Wildman–Crippen LogP) is 2.42. The second-order valence-corrected chi connectivity index (χ2v) is 4.97. The van der Waals surface area contributed by atoms with Gasteiger partial charge >= 0.3 is 0 Å². The van der Waals surface area contributed by atoms with Gasteiger partial charge in [0.1, 0.15) is 0 Å². The van der Waals surface area contributed by atoms with Crippen LogP contribution in [0.1, 0.15) is 12.8 Å². The van der Waals surface area contributed by atoms with E-state index in [1.807, 2.05) is 12.3 Å². The minimum Gasteiger partial charge on any atom is -0.371 e. The highest BCUT2D eigenvalue weighted by Crippen LogP contribution is 2.23. The van der Waals surface area contributed by atoms with Crippen LogP contribution in [0.5, 0.6) is 0 Å². The van der Waals surface area contributed by atoms with Crippen molar-refractivity contribution in [2.24, 2.45) is 0 Å². The van der Waals surface area contributed by atoms with Crippen molar-refractivity contribution in [2.75, 3.05) is 25.0 Å². The van der Waals surface area contributed by atoms with Crippen LogP contribution < -0.4 is 10.2 Å². The molecule has 0 spiro atoms. The molecule has 2 aromatic rings. The summed E-state index contributed by atoms with van der Waals surface area (Å²) in [4.78, 5) is 6.83. The Balaban J connectivity index is 1.88. The highest BCUT2D eigenvalue weighted by Gasteiger charge is 2.18. The van der Waals surface area contributed by atoms with Crippen LogP contribution in [0.25, 0.3) is 10.9 Å². The second kappa shape index (κ2) is 4.94. The number of benzene rings is 1. The van der Waals surface area contributed by atoms with Crippen LogP contribution >= 0.6 is 0 Å². The topological polar surface area (TPSA) is 28.2 Å². The van der Waals surface area contributed by atoms with Crippen molar-refractivity contribution >= 4 is 16.6 Å². The number of piperidine rings is 1. The molecule has 1 aromatic carbocycles. The van der Waals surface area contributed by atoms with Crippen LogP contribution in [-0.2, 0) is 0 Å². The maximum atomic E-state index is 4.43. The maximum Gasteiger partial charge on any atom is 0.0722 e. The van der Waals surface area contributed by atoms with Crippen molar-refractivity contribution in [3.63, 3.8) is 0 Å². The zero-order chi connectivity index (χ0) is 12.4. The molecule has 1 fully saturated rings. The quantitative estimate of drug-likeness (QED) is 0.875. The first-order valence-electron chi connectivity index (χ1n) is 6.63. The fraction of sp³-hybridized carbons (Fsp3) is 0.400. The van der Waals surface area contributed by atoms with Gasteiger partial charge in [-0.2, -0.15) is 0 Å². The molecule has 1 aromatic heterocycles. The molecule has 0 unspecified atom stereocenters. The molecule has 18 heavy (non-hydrogen) atoms. The van der Waals surface area contributed by atoms with E-state index in [2.05, 4.69) is 46.5 Å². The van der Waals surface area contributed by atoms with E-state index in [0.29, 0.717) is 6.04 Å². The van der Waals surface area contributed by atoms with Crippen molar-refractivity contribution in [3.8, 4) is 0 Å². The molecule has 1 saturated heterocycles. The number of hydrogen-bond acceptors (Lipinski definition) is 3. The third-order valence-electron chi connectivity index (χ3n) is 3.85. The highest BCUT2D eigenvalue weighted by molar-refractivity contribution is 5.82. The Labute approximate surface area is 108 Å². The lowest BCUT2D eigenvalue weighted by atomic mass is 10.0. The maximum absolute atomic E-state index is 4.43. The normalized spacial score (nSPS) is 16.9. The standard InChI is InChI=1S/C15H19N3/c1-18(13-6-9-16-10-7-13)14-5-4-12-3-2-8-17-15(12)11-14/h2-5,8,11,13,16H,6-7,9-10H2,1H3. The average Bonchev–Trinajstić information content (AvgIpc) is 2.47. The smallest absolute Gasteiger partial charge is 0.0722 e. The Bertz CT molecular complexity index is 532. The molecule has 0 aliphatic carbocycles. The van der Waals surface area contributed by atoms with Crippen LogP contribution in [-0.4, -0.2) is 31.2 Å². The van der Waals surface area contributed by atoms with Crippen LogP contribution in [0.2, 0.25) is 0 Å². The van der Waals surface area contributed by atoms with Crippen molar-refractivity contribution in [3.05, 3.63) is 36.5 Å². The molecule has 0 amide bonds. The molecule has 0 saturated carbocycles. The lowest BCUT2D eigenvalue weighted by Gasteiger charge is -2.33. The molecule has 1 aliphatic rings. The first-order chi connectivity index (χ1) is 8.84. The summed E-state index contributed by atoms with van der Waals surface area (Å²) in [6.07, 6.45) is 4.30. The highest BCUT2D eigenvalue weighted by atomic mass is 15.1. The minimum absolute atomic E-state index is 0.646. The van der Waals surface area contributed by atoms with Gasteiger partial charge in [0.25, 0.3) is 0 Å². The second-order valence-electron chi connectivity index (χ2n) is 4.97. The van der Waals surface area contributed by atoms with Crippen molar-refractivity contribution < 1.29 is 0 Å². The lowest BCUT2D eigenvalue weighted by Crippen LogP contribution is -2.41. The van der Waals surface area contributed by atoms with Gasteiger partial charge in [-0.15, -0.1) is 0 Å². The molecular formula is C15H19N3.